The second-order valence-electron chi connectivity index (χ2n) is 5.84. The number of halogens is 2. The number of nitrogens with one attached hydrogen (secondary N) is 1. The average Bonchev–Trinajstić information content (AvgIpc) is 2.63. The molecular formula is C21H19Cl2NO. The average molecular weight is 372 g/mol. The Hall–Kier alpha value is -2.16. The molecule has 0 unspecified atom stereocenters. The number of ether oxygens (including phenoxy) is 1. The van der Waals surface area contributed by atoms with Crippen molar-refractivity contribution in [2.45, 2.75) is 20.1 Å². The first-order chi connectivity index (χ1) is 12.1. The van der Waals surface area contributed by atoms with Crippen molar-refractivity contribution in [1.29, 1.82) is 0 Å². The Labute approximate surface area is 158 Å². The molecular weight excluding hydrogens is 353 g/mol. The van der Waals surface area contributed by atoms with Crippen molar-refractivity contribution in [2.24, 2.45) is 0 Å². The van der Waals surface area contributed by atoms with Gasteiger partial charge in [0.05, 0.1) is 10.0 Å². The van der Waals surface area contributed by atoms with E-state index in [1.807, 2.05) is 36.4 Å². The van der Waals surface area contributed by atoms with Crippen LogP contribution < -0.4 is 10.1 Å². The van der Waals surface area contributed by atoms with Gasteiger partial charge < -0.3 is 10.1 Å². The standard InChI is InChI=1S/C21H19Cl2NO/c1-15-4-2-3-5-17(15)14-25-19-9-6-16(7-10-19)13-24-18-8-11-20(22)21(23)12-18/h2-12,24H,13-14H2,1H3. The van der Waals surface area contributed by atoms with Gasteiger partial charge >= 0.3 is 0 Å². The molecule has 0 atom stereocenters. The summed E-state index contributed by atoms with van der Waals surface area (Å²) in [6.07, 6.45) is 0. The molecule has 0 aliphatic heterocycles. The first-order valence-electron chi connectivity index (χ1n) is 8.07. The van der Waals surface area contributed by atoms with Gasteiger partial charge in [0, 0.05) is 12.2 Å². The van der Waals surface area contributed by atoms with Crippen molar-refractivity contribution in [2.75, 3.05) is 5.32 Å². The van der Waals surface area contributed by atoms with Crippen LogP contribution in [0.3, 0.4) is 0 Å². The van der Waals surface area contributed by atoms with Crippen molar-refractivity contribution in [1.82, 2.24) is 0 Å². The Balaban J connectivity index is 1.55. The van der Waals surface area contributed by atoms with E-state index in [0.717, 1.165) is 17.0 Å². The van der Waals surface area contributed by atoms with Crippen LogP contribution in [-0.2, 0) is 13.2 Å². The maximum atomic E-state index is 6.02. The molecule has 4 heteroatoms. The van der Waals surface area contributed by atoms with E-state index in [-0.39, 0.29) is 0 Å². The molecule has 0 spiro atoms. The summed E-state index contributed by atoms with van der Waals surface area (Å²) >= 11 is 11.9. The van der Waals surface area contributed by atoms with Gasteiger partial charge in [0.1, 0.15) is 12.4 Å². The molecule has 0 bridgehead atoms. The number of benzene rings is 3. The first-order valence-corrected chi connectivity index (χ1v) is 8.82. The topological polar surface area (TPSA) is 21.3 Å². The van der Waals surface area contributed by atoms with Crippen LogP contribution in [0.15, 0.2) is 66.7 Å². The minimum atomic E-state index is 0.548. The predicted molar refractivity (Wildman–Crippen MR) is 106 cm³/mol. The quantitative estimate of drug-likeness (QED) is 0.534. The summed E-state index contributed by atoms with van der Waals surface area (Å²) in [5, 5.41) is 4.44. The van der Waals surface area contributed by atoms with Crippen molar-refractivity contribution in [3.05, 3.63) is 93.5 Å². The summed E-state index contributed by atoms with van der Waals surface area (Å²) in [4.78, 5) is 0. The largest absolute Gasteiger partial charge is 0.489 e. The summed E-state index contributed by atoms with van der Waals surface area (Å²) in [7, 11) is 0. The highest BCUT2D eigenvalue weighted by molar-refractivity contribution is 6.42. The molecule has 128 valence electrons. The third-order valence-corrected chi connectivity index (χ3v) is 4.73. The molecule has 0 aromatic heterocycles. The molecule has 0 saturated heterocycles. The van der Waals surface area contributed by atoms with Crippen LogP contribution in [-0.4, -0.2) is 0 Å². The summed E-state index contributed by atoms with van der Waals surface area (Å²) in [6, 6.07) is 21.9. The highest BCUT2D eigenvalue weighted by atomic mass is 35.5. The zero-order valence-corrected chi connectivity index (χ0v) is 15.4. The van der Waals surface area contributed by atoms with Gasteiger partial charge in [0.2, 0.25) is 0 Å². The molecule has 0 aliphatic rings. The van der Waals surface area contributed by atoms with Crippen LogP contribution in [0.5, 0.6) is 5.75 Å². The molecule has 3 aromatic rings. The fourth-order valence-corrected chi connectivity index (χ4v) is 2.74. The van der Waals surface area contributed by atoms with Gasteiger partial charge in [-0.25, -0.2) is 0 Å². The van der Waals surface area contributed by atoms with Crippen molar-refractivity contribution in [3.8, 4) is 5.75 Å². The molecule has 3 rings (SSSR count). The molecule has 0 heterocycles. The van der Waals surface area contributed by atoms with Crippen molar-refractivity contribution in [3.63, 3.8) is 0 Å². The third kappa shape index (κ3) is 4.91. The zero-order chi connectivity index (χ0) is 17.6. The molecule has 0 aliphatic carbocycles. The Morgan fingerprint density at radius 1 is 0.880 bits per heavy atom. The van der Waals surface area contributed by atoms with E-state index in [2.05, 4.69) is 36.5 Å². The van der Waals surface area contributed by atoms with Crippen LogP contribution in [0, 0.1) is 6.92 Å². The Bertz CT molecular complexity index is 847. The maximum absolute atomic E-state index is 6.02. The van der Waals surface area contributed by atoms with Gasteiger partial charge in [-0.3, -0.25) is 0 Å². The first kappa shape index (κ1) is 17.7. The molecule has 0 amide bonds. The second-order valence-corrected chi connectivity index (χ2v) is 6.66. The van der Waals surface area contributed by atoms with Gasteiger partial charge in [0.15, 0.2) is 0 Å². The zero-order valence-electron chi connectivity index (χ0n) is 13.9. The van der Waals surface area contributed by atoms with Gasteiger partial charge in [-0.15, -0.1) is 0 Å². The lowest BCUT2D eigenvalue weighted by Gasteiger charge is -2.10. The Kier molecular flexibility index (Phi) is 5.85. The third-order valence-electron chi connectivity index (χ3n) is 4.00. The smallest absolute Gasteiger partial charge is 0.119 e. The van der Waals surface area contributed by atoms with E-state index < -0.39 is 0 Å². The molecule has 2 nitrogen and oxygen atoms in total. The highest BCUT2D eigenvalue weighted by Crippen LogP contribution is 2.25. The number of hydrogen-bond acceptors (Lipinski definition) is 2. The number of aryl methyl sites for hydroxylation is 1. The number of rotatable bonds is 6. The van der Waals surface area contributed by atoms with E-state index in [0.29, 0.717) is 23.2 Å². The summed E-state index contributed by atoms with van der Waals surface area (Å²) < 4.78 is 5.87. The van der Waals surface area contributed by atoms with Crippen LogP contribution in [0.4, 0.5) is 5.69 Å². The van der Waals surface area contributed by atoms with Crippen LogP contribution in [0.1, 0.15) is 16.7 Å². The van der Waals surface area contributed by atoms with E-state index in [1.165, 1.54) is 11.1 Å². The van der Waals surface area contributed by atoms with E-state index in [4.69, 9.17) is 27.9 Å². The number of hydrogen-bond donors (Lipinski definition) is 1. The fourth-order valence-electron chi connectivity index (χ4n) is 2.45. The van der Waals surface area contributed by atoms with Crippen LogP contribution >= 0.6 is 23.2 Å². The Morgan fingerprint density at radius 2 is 1.64 bits per heavy atom. The second kappa shape index (κ2) is 8.28. The predicted octanol–water partition coefficient (Wildman–Crippen LogP) is 6.49. The SMILES string of the molecule is Cc1ccccc1COc1ccc(CNc2ccc(Cl)c(Cl)c2)cc1. The summed E-state index contributed by atoms with van der Waals surface area (Å²) in [5.41, 5.74) is 4.54. The van der Waals surface area contributed by atoms with Crippen molar-refractivity contribution < 1.29 is 4.74 Å². The molecule has 0 saturated carbocycles. The van der Waals surface area contributed by atoms with Gasteiger partial charge in [-0.2, -0.15) is 0 Å². The van der Waals surface area contributed by atoms with Gasteiger partial charge in [-0.05, 0) is 53.9 Å². The van der Waals surface area contributed by atoms with E-state index in [9.17, 15) is 0 Å². The Morgan fingerprint density at radius 3 is 2.36 bits per heavy atom. The van der Waals surface area contributed by atoms with Gasteiger partial charge in [0.25, 0.3) is 0 Å². The summed E-state index contributed by atoms with van der Waals surface area (Å²) in [5.74, 6) is 0.863. The molecule has 25 heavy (non-hydrogen) atoms. The molecule has 3 aromatic carbocycles. The molecule has 0 radical (unpaired) electrons. The van der Waals surface area contributed by atoms with Crippen LogP contribution in [0.25, 0.3) is 0 Å². The lowest BCUT2D eigenvalue weighted by Crippen LogP contribution is -2.00. The maximum Gasteiger partial charge on any atom is 0.119 e. The van der Waals surface area contributed by atoms with Crippen LogP contribution in [0.2, 0.25) is 10.0 Å². The lowest BCUT2D eigenvalue weighted by atomic mass is 10.1. The minimum Gasteiger partial charge on any atom is -0.489 e. The van der Waals surface area contributed by atoms with E-state index in [1.54, 1.807) is 6.07 Å². The van der Waals surface area contributed by atoms with Gasteiger partial charge in [-0.1, -0.05) is 59.6 Å². The normalized spacial score (nSPS) is 10.5. The van der Waals surface area contributed by atoms with Crippen molar-refractivity contribution >= 4 is 28.9 Å². The molecule has 0 fully saturated rings. The van der Waals surface area contributed by atoms with E-state index >= 15 is 0 Å². The monoisotopic (exact) mass is 371 g/mol. The number of anilines is 1. The molecule has 1 N–H and O–H groups in total. The fraction of sp³-hybridized carbons (Fsp3) is 0.143. The minimum absolute atomic E-state index is 0.548. The lowest BCUT2D eigenvalue weighted by molar-refractivity contribution is 0.305. The highest BCUT2D eigenvalue weighted by Gasteiger charge is 2.01. The summed E-state index contributed by atoms with van der Waals surface area (Å²) in [6.45, 7) is 3.38.